The summed E-state index contributed by atoms with van der Waals surface area (Å²) in [6.07, 6.45) is 1.40. The van der Waals surface area contributed by atoms with Crippen LogP contribution in [0.15, 0.2) is 0 Å². The average molecular weight is 226 g/mol. The predicted molar refractivity (Wildman–Crippen MR) is 62.0 cm³/mol. The second kappa shape index (κ2) is 4.34. The second-order valence-corrected chi connectivity index (χ2v) is 5.56. The lowest BCUT2D eigenvalue weighted by Gasteiger charge is -2.37. The van der Waals surface area contributed by atoms with Crippen LogP contribution in [0.25, 0.3) is 0 Å². The molecule has 16 heavy (non-hydrogen) atoms. The van der Waals surface area contributed by atoms with Crippen molar-refractivity contribution in [1.82, 2.24) is 10.2 Å². The van der Waals surface area contributed by atoms with Gasteiger partial charge >= 0.3 is 0 Å². The summed E-state index contributed by atoms with van der Waals surface area (Å²) in [5.74, 6) is 0.853. The zero-order chi connectivity index (χ0) is 11.8. The van der Waals surface area contributed by atoms with Crippen LogP contribution in [-0.4, -0.2) is 47.7 Å². The Kier molecular flexibility index (Phi) is 3.22. The number of amides is 1. The van der Waals surface area contributed by atoms with Gasteiger partial charge in [-0.2, -0.15) is 0 Å². The molecule has 4 nitrogen and oxygen atoms in total. The number of carbonyl (C=O) groups excluding carboxylic acids is 1. The van der Waals surface area contributed by atoms with Gasteiger partial charge in [0.15, 0.2) is 0 Å². The lowest BCUT2D eigenvalue weighted by Crippen LogP contribution is -2.48. The summed E-state index contributed by atoms with van der Waals surface area (Å²) in [4.78, 5) is 14.1. The average Bonchev–Trinajstić information content (AvgIpc) is 2.63. The molecule has 1 amide bonds. The maximum Gasteiger partial charge on any atom is 0.227 e. The highest BCUT2D eigenvalue weighted by molar-refractivity contribution is 5.79. The van der Waals surface area contributed by atoms with Crippen LogP contribution in [0, 0.1) is 11.8 Å². The van der Waals surface area contributed by atoms with Gasteiger partial charge in [-0.1, -0.05) is 6.92 Å². The van der Waals surface area contributed by atoms with E-state index < -0.39 is 5.60 Å². The van der Waals surface area contributed by atoms with E-state index in [4.69, 9.17) is 0 Å². The second-order valence-electron chi connectivity index (χ2n) is 5.56. The van der Waals surface area contributed by atoms with Gasteiger partial charge < -0.3 is 15.3 Å². The molecule has 0 radical (unpaired) electrons. The summed E-state index contributed by atoms with van der Waals surface area (Å²) in [6.45, 7) is 7.15. The van der Waals surface area contributed by atoms with Crippen molar-refractivity contribution in [2.24, 2.45) is 11.8 Å². The highest BCUT2D eigenvalue weighted by Crippen LogP contribution is 2.25. The molecule has 0 aromatic heterocycles. The first-order valence-electron chi connectivity index (χ1n) is 6.21. The molecule has 2 saturated heterocycles. The van der Waals surface area contributed by atoms with Crippen molar-refractivity contribution in [2.75, 3.05) is 26.2 Å². The number of aliphatic hydroxyl groups is 1. The number of rotatable bonds is 1. The number of hydrogen-bond acceptors (Lipinski definition) is 3. The Morgan fingerprint density at radius 3 is 2.50 bits per heavy atom. The van der Waals surface area contributed by atoms with Crippen molar-refractivity contribution in [3.8, 4) is 0 Å². The summed E-state index contributed by atoms with van der Waals surface area (Å²) in [6, 6.07) is 0. The van der Waals surface area contributed by atoms with Crippen molar-refractivity contribution in [3.63, 3.8) is 0 Å². The number of piperidine rings is 1. The maximum atomic E-state index is 12.2. The zero-order valence-electron chi connectivity index (χ0n) is 10.2. The van der Waals surface area contributed by atoms with Gasteiger partial charge in [0.2, 0.25) is 5.91 Å². The van der Waals surface area contributed by atoms with Gasteiger partial charge in [0.25, 0.3) is 0 Å². The highest BCUT2D eigenvalue weighted by atomic mass is 16.3. The lowest BCUT2D eigenvalue weighted by molar-refractivity contribution is -0.139. The molecule has 0 aromatic carbocycles. The van der Waals surface area contributed by atoms with E-state index >= 15 is 0 Å². The van der Waals surface area contributed by atoms with Gasteiger partial charge in [0, 0.05) is 19.6 Å². The van der Waals surface area contributed by atoms with Crippen molar-refractivity contribution < 1.29 is 9.90 Å². The fourth-order valence-electron chi connectivity index (χ4n) is 2.58. The van der Waals surface area contributed by atoms with Crippen LogP contribution in [-0.2, 0) is 4.79 Å². The molecule has 2 unspecified atom stereocenters. The number of nitrogens with zero attached hydrogens (tertiary/aromatic N) is 1. The summed E-state index contributed by atoms with van der Waals surface area (Å²) < 4.78 is 0. The molecular formula is C12H22N2O2. The quantitative estimate of drug-likeness (QED) is 0.672. The molecule has 2 aliphatic heterocycles. The summed E-state index contributed by atoms with van der Waals surface area (Å²) in [5.41, 5.74) is -0.573. The zero-order valence-corrected chi connectivity index (χ0v) is 10.2. The van der Waals surface area contributed by atoms with Crippen LogP contribution < -0.4 is 5.32 Å². The smallest absolute Gasteiger partial charge is 0.227 e. The largest absolute Gasteiger partial charge is 0.390 e. The molecule has 2 atom stereocenters. The molecule has 92 valence electrons. The minimum atomic E-state index is -0.573. The SMILES string of the molecule is CC1CNCC1C(=O)N1CCC(C)(O)CC1. The minimum absolute atomic E-state index is 0.142. The number of likely N-dealkylation sites (tertiary alicyclic amines) is 1. The Morgan fingerprint density at radius 1 is 1.38 bits per heavy atom. The Hall–Kier alpha value is -0.610. The van der Waals surface area contributed by atoms with Crippen LogP contribution in [0.3, 0.4) is 0 Å². The van der Waals surface area contributed by atoms with Crippen LogP contribution >= 0.6 is 0 Å². The van der Waals surface area contributed by atoms with Crippen molar-refractivity contribution in [3.05, 3.63) is 0 Å². The van der Waals surface area contributed by atoms with Crippen LogP contribution in [0.4, 0.5) is 0 Å². The van der Waals surface area contributed by atoms with E-state index in [1.807, 2.05) is 11.8 Å². The normalized spacial score (nSPS) is 34.1. The molecule has 4 heteroatoms. The summed E-state index contributed by atoms with van der Waals surface area (Å²) in [7, 11) is 0. The first-order valence-corrected chi connectivity index (χ1v) is 6.21. The first-order chi connectivity index (χ1) is 7.49. The molecule has 2 rings (SSSR count). The molecule has 2 N–H and O–H groups in total. The van der Waals surface area contributed by atoms with E-state index in [0.717, 1.165) is 13.1 Å². The Labute approximate surface area is 97.0 Å². The standard InChI is InChI=1S/C12H22N2O2/c1-9-7-13-8-10(9)11(15)14-5-3-12(2,16)4-6-14/h9-10,13,16H,3-8H2,1-2H3. The monoisotopic (exact) mass is 226 g/mol. The fourth-order valence-corrected chi connectivity index (χ4v) is 2.58. The molecule has 0 saturated carbocycles. The number of nitrogens with one attached hydrogen (secondary N) is 1. The molecule has 0 spiro atoms. The minimum Gasteiger partial charge on any atom is -0.390 e. The molecule has 2 fully saturated rings. The fraction of sp³-hybridized carbons (Fsp3) is 0.917. The molecule has 2 heterocycles. The van der Waals surface area contributed by atoms with E-state index in [-0.39, 0.29) is 11.8 Å². The molecular weight excluding hydrogens is 204 g/mol. The topological polar surface area (TPSA) is 52.6 Å². The third-order valence-electron chi connectivity index (χ3n) is 3.99. The van der Waals surface area contributed by atoms with Crippen LogP contribution in [0.2, 0.25) is 0 Å². The van der Waals surface area contributed by atoms with Crippen LogP contribution in [0.5, 0.6) is 0 Å². The van der Waals surface area contributed by atoms with Crippen molar-refractivity contribution in [1.29, 1.82) is 0 Å². The van der Waals surface area contributed by atoms with Gasteiger partial charge in [0.1, 0.15) is 0 Å². The third-order valence-corrected chi connectivity index (χ3v) is 3.99. The molecule has 0 bridgehead atoms. The number of hydrogen-bond donors (Lipinski definition) is 2. The Morgan fingerprint density at radius 2 is 2.00 bits per heavy atom. The first kappa shape index (κ1) is 11.9. The van der Waals surface area contributed by atoms with Gasteiger partial charge in [0.05, 0.1) is 11.5 Å². The summed E-state index contributed by atoms with van der Waals surface area (Å²) in [5, 5.41) is 13.1. The molecule has 0 aromatic rings. The van der Waals surface area contributed by atoms with Gasteiger partial charge in [-0.15, -0.1) is 0 Å². The van der Waals surface area contributed by atoms with Gasteiger partial charge in [-0.3, -0.25) is 4.79 Å². The Bertz CT molecular complexity index is 268. The Balaban J connectivity index is 1.91. The van der Waals surface area contributed by atoms with E-state index in [1.165, 1.54) is 0 Å². The molecule has 0 aliphatic carbocycles. The van der Waals surface area contributed by atoms with Crippen molar-refractivity contribution in [2.45, 2.75) is 32.3 Å². The van der Waals surface area contributed by atoms with E-state index in [0.29, 0.717) is 31.8 Å². The van der Waals surface area contributed by atoms with Gasteiger partial charge in [-0.05, 0) is 32.2 Å². The van der Waals surface area contributed by atoms with E-state index in [1.54, 1.807) is 0 Å². The van der Waals surface area contributed by atoms with Crippen molar-refractivity contribution >= 4 is 5.91 Å². The highest BCUT2D eigenvalue weighted by Gasteiger charge is 2.36. The van der Waals surface area contributed by atoms with E-state index in [9.17, 15) is 9.90 Å². The third kappa shape index (κ3) is 2.38. The molecule has 2 aliphatic rings. The maximum absolute atomic E-state index is 12.2. The lowest BCUT2D eigenvalue weighted by atomic mass is 9.91. The van der Waals surface area contributed by atoms with Gasteiger partial charge in [-0.25, -0.2) is 0 Å². The van der Waals surface area contributed by atoms with Crippen LogP contribution in [0.1, 0.15) is 26.7 Å². The predicted octanol–water partition coefficient (Wildman–Crippen LogP) is 0.215. The van der Waals surface area contributed by atoms with E-state index in [2.05, 4.69) is 12.2 Å². The number of carbonyl (C=O) groups is 1. The summed E-state index contributed by atoms with van der Waals surface area (Å²) >= 11 is 0.